The second-order valence-corrected chi connectivity index (χ2v) is 5.05. The van der Waals surface area contributed by atoms with Crippen LogP contribution in [0.3, 0.4) is 0 Å². The molecule has 0 fully saturated rings. The van der Waals surface area contributed by atoms with Crippen molar-refractivity contribution in [1.82, 2.24) is 20.2 Å². The van der Waals surface area contributed by atoms with E-state index in [1.807, 2.05) is 0 Å². The van der Waals surface area contributed by atoms with E-state index < -0.39 is 11.6 Å². The quantitative estimate of drug-likeness (QED) is 0.765. The molecule has 102 valence electrons. The first kappa shape index (κ1) is 13.9. The molecule has 0 aliphatic rings. The Kier molecular flexibility index (Phi) is 4.84. The Hall–Kier alpha value is -1.50. The lowest BCUT2D eigenvalue weighted by Crippen LogP contribution is -2.05. The molecule has 2 rings (SSSR count). The van der Waals surface area contributed by atoms with Crippen molar-refractivity contribution in [2.45, 2.75) is 37.0 Å². The topological polar surface area (TPSA) is 43.6 Å². The fraction of sp³-hybridized carbons (Fsp3) is 0.417. The standard InChI is InChI=1S/C12H14F2N4S/c1-2-3-6-18-12(15-16-17-18)8-19-11-5-4-9(13)7-10(11)14/h4-5,7H,2-3,6,8H2,1H3. The van der Waals surface area contributed by atoms with Crippen molar-refractivity contribution in [3.63, 3.8) is 0 Å². The largest absolute Gasteiger partial charge is 0.229 e. The molecule has 1 heterocycles. The molecule has 0 radical (unpaired) electrons. The zero-order chi connectivity index (χ0) is 13.7. The summed E-state index contributed by atoms with van der Waals surface area (Å²) >= 11 is 1.26. The van der Waals surface area contributed by atoms with Gasteiger partial charge in [0.05, 0.1) is 5.75 Å². The average molecular weight is 284 g/mol. The molecule has 0 unspecified atom stereocenters. The number of halogens is 2. The number of nitrogens with zero attached hydrogens (tertiary/aromatic N) is 4. The summed E-state index contributed by atoms with van der Waals surface area (Å²) in [6.45, 7) is 2.85. The number of unbranched alkanes of at least 4 members (excludes halogenated alkanes) is 1. The Labute approximate surface area is 114 Å². The van der Waals surface area contributed by atoms with Gasteiger partial charge in [-0.25, -0.2) is 13.5 Å². The Morgan fingerprint density at radius 2 is 2.16 bits per heavy atom. The van der Waals surface area contributed by atoms with Gasteiger partial charge in [0.2, 0.25) is 0 Å². The van der Waals surface area contributed by atoms with Crippen molar-refractivity contribution in [2.24, 2.45) is 0 Å². The first-order valence-electron chi connectivity index (χ1n) is 6.03. The van der Waals surface area contributed by atoms with E-state index >= 15 is 0 Å². The zero-order valence-corrected chi connectivity index (χ0v) is 11.3. The number of aryl methyl sites for hydroxylation is 1. The lowest BCUT2D eigenvalue weighted by Gasteiger charge is -2.04. The zero-order valence-electron chi connectivity index (χ0n) is 10.5. The van der Waals surface area contributed by atoms with Crippen molar-refractivity contribution in [3.05, 3.63) is 35.7 Å². The maximum absolute atomic E-state index is 13.5. The molecule has 0 spiro atoms. The van der Waals surface area contributed by atoms with Gasteiger partial charge < -0.3 is 0 Å². The molecule has 1 aromatic heterocycles. The Morgan fingerprint density at radius 3 is 2.89 bits per heavy atom. The predicted octanol–water partition coefficient (Wildman–Crippen LogP) is 3.04. The lowest BCUT2D eigenvalue weighted by molar-refractivity contribution is 0.540. The highest BCUT2D eigenvalue weighted by Gasteiger charge is 2.09. The van der Waals surface area contributed by atoms with Gasteiger partial charge in [-0.3, -0.25) is 0 Å². The Morgan fingerprint density at radius 1 is 1.32 bits per heavy atom. The van der Waals surface area contributed by atoms with Crippen LogP contribution in [0.4, 0.5) is 8.78 Å². The van der Waals surface area contributed by atoms with E-state index in [9.17, 15) is 8.78 Å². The highest BCUT2D eigenvalue weighted by molar-refractivity contribution is 7.98. The van der Waals surface area contributed by atoms with Gasteiger partial charge in [0.25, 0.3) is 0 Å². The van der Waals surface area contributed by atoms with Crippen molar-refractivity contribution in [3.8, 4) is 0 Å². The minimum Gasteiger partial charge on any atom is -0.229 e. The minimum atomic E-state index is -0.574. The summed E-state index contributed by atoms with van der Waals surface area (Å²) in [7, 11) is 0. The molecule has 0 saturated carbocycles. The van der Waals surface area contributed by atoms with Gasteiger partial charge in [0, 0.05) is 17.5 Å². The highest BCUT2D eigenvalue weighted by atomic mass is 32.2. The van der Waals surface area contributed by atoms with Crippen LogP contribution in [0.5, 0.6) is 0 Å². The third-order valence-electron chi connectivity index (χ3n) is 2.58. The van der Waals surface area contributed by atoms with Crippen molar-refractivity contribution >= 4 is 11.8 Å². The molecule has 2 aromatic rings. The van der Waals surface area contributed by atoms with Crippen LogP contribution >= 0.6 is 11.8 Å². The molecule has 0 aliphatic carbocycles. The van der Waals surface area contributed by atoms with Crippen LogP contribution < -0.4 is 0 Å². The van der Waals surface area contributed by atoms with Crippen LogP contribution in [0, 0.1) is 11.6 Å². The van der Waals surface area contributed by atoms with Gasteiger partial charge in [0.1, 0.15) is 11.6 Å². The maximum Gasteiger partial charge on any atom is 0.161 e. The third kappa shape index (κ3) is 3.73. The van der Waals surface area contributed by atoms with Gasteiger partial charge >= 0.3 is 0 Å². The van der Waals surface area contributed by atoms with Gasteiger partial charge in [-0.15, -0.1) is 16.9 Å². The second kappa shape index (κ2) is 6.60. The number of tetrazole rings is 1. The SMILES string of the molecule is CCCCn1nnnc1CSc1ccc(F)cc1F. The van der Waals surface area contributed by atoms with Crippen LogP contribution in [0.2, 0.25) is 0 Å². The third-order valence-corrected chi connectivity index (χ3v) is 3.62. The normalized spacial score (nSPS) is 10.9. The molecule has 0 aliphatic heterocycles. The predicted molar refractivity (Wildman–Crippen MR) is 68.6 cm³/mol. The van der Waals surface area contributed by atoms with Crippen molar-refractivity contribution in [1.29, 1.82) is 0 Å². The summed E-state index contributed by atoms with van der Waals surface area (Å²) in [5.41, 5.74) is 0. The number of hydrogen-bond donors (Lipinski definition) is 0. The fourth-order valence-corrected chi connectivity index (χ4v) is 2.40. The van der Waals surface area contributed by atoms with E-state index in [4.69, 9.17) is 0 Å². The van der Waals surface area contributed by atoms with Crippen LogP contribution in [0.15, 0.2) is 23.1 Å². The van der Waals surface area contributed by atoms with E-state index in [1.54, 1.807) is 4.68 Å². The first-order chi connectivity index (χ1) is 9.20. The van der Waals surface area contributed by atoms with Gasteiger partial charge in [-0.05, 0) is 29.0 Å². The molecule has 0 bridgehead atoms. The lowest BCUT2D eigenvalue weighted by atomic mass is 10.3. The summed E-state index contributed by atoms with van der Waals surface area (Å²) in [6.07, 6.45) is 2.05. The van der Waals surface area contributed by atoms with Gasteiger partial charge in [-0.1, -0.05) is 13.3 Å². The second-order valence-electron chi connectivity index (χ2n) is 4.04. The van der Waals surface area contributed by atoms with Crippen LogP contribution in [0.25, 0.3) is 0 Å². The summed E-state index contributed by atoms with van der Waals surface area (Å²) in [5, 5.41) is 11.4. The molecule has 7 heteroatoms. The summed E-state index contributed by atoms with van der Waals surface area (Å²) in [6, 6.07) is 3.55. The van der Waals surface area contributed by atoms with Crippen LogP contribution in [-0.2, 0) is 12.3 Å². The summed E-state index contributed by atoms with van der Waals surface area (Å²) in [5.74, 6) is 0.0219. The Balaban J connectivity index is 2.00. The fourth-order valence-electron chi connectivity index (χ4n) is 1.54. The molecule has 0 amide bonds. The average Bonchev–Trinajstić information content (AvgIpc) is 2.83. The molecule has 0 N–H and O–H groups in total. The van der Waals surface area contributed by atoms with Crippen molar-refractivity contribution in [2.75, 3.05) is 0 Å². The van der Waals surface area contributed by atoms with E-state index in [-0.39, 0.29) is 0 Å². The van der Waals surface area contributed by atoms with E-state index in [2.05, 4.69) is 22.4 Å². The monoisotopic (exact) mass is 284 g/mol. The first-order valence-corrected chi connectivity index (χ1v) is 7.02. The summed E-state index contributed by atoms with van der Waals surface area (Å²) in [4.78, 5) is 0.395. The van der Waals surface area contributed by atoms with Gasteiger partial charge in [0.15, 0.2) is 5.82 Å². The molecule has 0 atom stereocenters. The molecule has 4 nitrogen and oxygen atoms in total. The summed E-state index contributed by atoms with van der Waals surface area (Å²) < 4.78 is 28.0. The number of aromatic nitrogens is 4. The Bertz CT molecular complexity index is 544. The molecular formula is C12H14F2N4S. The number of benzene rings is 1. The van der Waals surface area contributed by atoms with Gasteiger partial charge in [-0.2, -0.15) is 0 Å². The molecule has 19 heavy (non-hydrogen) atoms. The smallest absolute Gasteiger partial charge is 0.161 e. The van der Waals surface area contributed by atoms with Crippen molar-refractivity contribution < 1.29 is 8.78 Å². The van der Waals surface area contributed by atoms with E-state index in [1.165, 1.54) is 23.9 Å². The van der Waals surface area contributed by atoms with E-state index in [0.717, 1.165) is 25.5 Å². The molecule has 0 saturated heterocycles. The van der Waals surface area contributed by atoms with Crippen LogP contribution in [-0.4, -0.2) is 20.2 Å². The minimum absolute atomic E-state index is 0.395. The number of thioether (sulfide) groups is 1. The highest BCUT2D eigenvalue weighted by Crippen LogP contribution is 2.25. The number of rotatable bonds is 6. The molecule has 1 aromatic carbocycles. The maximum atomic E-state index is 13.5. The van der Waals surface area contributed by atoms with Crippen LogP contribution in [0.1, 0.15) is 25.6 Å². The van der Waals surface area contributed by atoms with E-state index in [0.29, 0.717) is 16.5 Å². The molecular weight excluding hydrogens is 270 g/mol. The number of hydrogen-bond acceptors (Lipinski definition) is 4.